The van der Waals surface area contributed by atoms with Crippen molar-refractivity contribution in [3.05, 3.63) is 12.2 Å². The Balaban J connectivity index is 0.000000176. The van der Waals surface area contributed by atoms with Crippen LogP contribution >= 0.6 is 0 Å². The molecule has 0 atom stereocenters. The maximum Gasteiger partial charge on any atom is 0.333 e. The third-order valence-corrected chi connectivity index (χ3v) is 9.12. The van der Waals surface area contributed by atoms with Gasteiger partial charge in [-0.1, -0.05) is 59.0 Å². The molecule has 3 heteroatoms. The lowest BCUT2D eigenvalue weighted by molar-refractivity contribution is -0.170. The minimum absolute atomic E-state index is 0.194. The Hall–Kier alpha value is -0.830. The van der Waals surface area contributed by atoms with Gasteiger partial charge in [0.2, 0.25) is 0 Å². The van der Waals surface area contributed by atoms with E-state index in [1.807, 2.05) is 0 Å². The van der Waals surface area contributed by atoms with Gasteiger partial charge in [0.25, 0.3) is 0 Å². The fourth-order valence-electron chi connectivity index (χ4n) is 6.83. The van der Waals surface area contributed by atoms with Gasteiger partial charge in [-0.15, -0.1) is 0 Å². The number of carbonyl (C=O) groups is 1. The van der Waals surface area contributed by atoms with Gasteiger partial charge in [-0.3, -0.25) is 0 Å². The van der Waals surface area contributed by atoms with Gasteiger partial charge in [0.05, 0.1) is 5.60 Å². The third-order valence-electron chi connectivity index (χ3n) is 9.12. The first-order valence-corrected chi connectivity index (χ1v) is 12.3. The molecule has 3 nitrogen and oxygen atoms in total. The SMILES string of the molecule is C=C(C)C(=O)OC1(C2(C)CCCC2)CCCC1.CC1(C2(O)CCCC2)CCCC1. The normalized spacial score (nSPS) is 28.6. The second-order valence-corrected chi connectivity index (χ2v) is 11.1. The van der Waals surface area contributed by atoms with Crippen molar-refractivity contribution in [3.63, 3.8) is 0 Å². The lowest BCUT2D eigenvalue weighted by Crippen LogP contribution is -2.46. The summed E-state index contributed by atoms with van der Waals surface area (Å²) in [6.07, 6.45) is 19.2. The van der Waals surface area contributed by atoms with Crippen LogP contribution in [-0.2, 0) is 9.53 Å². The molecule has 0 heterocycles. The Labute approximate surface area is 178 Å². The molecular formula is C26H44O3. The molecule has 0 radical (unpaired) electrons. The first-order chi connectivity index (χ1) is 13.7. The van der Waals surface area contributed by atoms with Crippen LogP contribution in [0, 0.1) is 10.8 Å². The third kappa shape index (κ3) is 4.45. The van der Waals surface area contributed by atoms with E-state index in [2.05, 4.69) is 20.4 Å². The highest BCUT2D eigenvalue weighted by molar-refractivity contribution is 5.87. The second-order valence-electron chi connectivity index (χ2n) is 11.1. The van der Waals surface area contributed by atoms with Crippen LogP contribution in [0.5, 0.6) is 0 Å². The van der Waals surface area contributed by atoms with Crippen LogP contribution in [0.15, 0.2) is 12.2 Å². The van der Waals surface area contributed by atoms with Crippen LogP contribution in [0.4, 0.5) is 0 Å². The summed E-state index contributed by atoms with van der Waals surface area (Å²) in [5.74, 6) is -0.194. The Morgan fingerprint density at radius 1 is 0.724 bits per heavy atom. The molecule has 0 amide bonds. The minimum atomic E-state index is -0.288. The number of carbonyl (C=O) groups excluding carboxylic acids is 1. The van der Waals surface area contributed by atoms with E-state index >= 15 is 0 Å². The quantitative estimate of drug-likeness (QED) is 0.411. The summed E-state index contributed by atoms with van der Waals surface area (Å²) in [5.41, 5.74) is 0.513. The summed E-state index contributed by atoms with van der Waals surface area (Å²) in [7, 11) is 0. The van der Waals surface area contributed by atoms with Crippen LogP contribution < -0.4 is 0 Å². The topological polar surface area (TPSA) is 46.5 Å². The predicted octanol–water partition coefficient (Wildman–Crippen LogP) is 6.87. The molecule has 166 valence electrons. The summed E-state index contributed by atoms with van der Waals surface area (Å²) >= 11 is 0. The van der Waals surface area contributed by atoms with Gasteiger partial charge in [-0.05, 0) is 76.5 Å². The van der Waals surface area contributed by atoms with Crippen molar-refractivity contribution in [1.82, 2.24) is 0 Å². The smallest absolute Gasteiger partial charge is 0.333 e. The van der Waals surface area contributed by atoms with Crippen molar-refractivity contribution in [3.8, 4) is 0 Å². The molecular weight excluding hydrogens is 360 g/mol. The van der Waals surface area contributed by atoms with E-state index in [-0.39, 0.29) is 28.0 Å². The maximum absolute atomic E-state index is 11.9. The van der Waals surface area contributed by atoms with Crippen molar-refractivity contribution in [2.45, 2.75) is 135 Å². The highest BCUT2D eigenvalue weighted by Crippen LogP contribution is 2.55. The molecule has 0 spiro atoms. The van der Waals surface area contributed by atoms with Gasteiger partial charge in [-0.2, -0.15) is 0 Å². The van der Waals surface area contributed by atoms with Gasteiger partial charge in [0.1, 0.15) is 5.60 Å². The molecule has 4 rings (SSSR count). The summed E-state index contributed by atoms with van der Waals surface area (Å²) < 4.78 is 5.91. The van der Waals surface area contributed by atoms with Gasteiger partial charge >= 0.3 is 5.97 Å². The molecule has 0 saturated heterocycles. The van der Waals surface area contributed by atoms with E-state index in [1.165, 1.54) is 77.0 Å². The molecule has 0 unspecified atom stereocenters. The van der Waals surface area contributed by atoms with Crippen LogP contribution in [-0.4, -0.2) is 22.3 Å². The Morgan fingerprint density at radius 3 is 1.55 bits per heavy atom. The van der Waals surface area contributed by atoms with E-state index in [0.29, 0.717) is 5.57 Å². The maximum atomic E-state index is 11.9. The Kier molecular flexibility index (Phi) is 6.88. The highest BCUT2D eigenvalue weighted by Gasteiger charge is 2.53. The number of esters is 1. The zero-order chi connectivity index (χ0) is 21.2. The average Bonchev–Trinajstić information content (AvgIpc) is 3.44. The zero-order valence-electron chi connectivity index (χ0n) is 19.3. The standard InChI is InChI=1S/C15H24O2.C11H20O/c1-12(2)13(16)17-15(10-6-7-11-15)14(3)8-4-5-9-14;1-10(6-2-3-7-10)11(12)8-4-5-9-11/h1,4-11H2,2-3H3;12H,2-9H2,1H3. The number of hydrogen-bond acceptors (Lipinski definition) is 3. The van der Waals surface area contributed by atoms with Gasteiger partial charge < -0.3 is 9.84 Å². The van der Waals surface area contributed by atoms with E-state index in [9.17, 15) is 9.90 Å². The molecule has 1 N–H and O–H groups in total. The Morgan fingerprint density at radius 2 is 1.10 bits per heavy atom. The highest BCUT2D eigenvalue weighted by atomic mass is 16.6. The minimum Gasteiger partial charge on any atom is -0.455 e. The number of ether oxygens (including phenoxy) is 1. The van der Waals surface area contributed by atoms with Gasteiger partial charge in [0, 0.05) is 11.0 Å². The zero-order valence-corrected chi connectivity index (χ0v) is 19.3. The van der Waals surface area contributed by atoms with Crippen LogP contribution in [0.2, 0.25) is 0 Å². The molecule has 4 fully saturated rings. The predicted molar refractivity (Wildman–Crippen MR) is 119 cm³/mol. The van der Waals surface area contributed by atoms with Gasteiger partial charge in [-0.25, -0.2) is 4.79 Å². The van der Waals surface area contributed by atoms with Crippen LogP contribution in [0.3, 0.4) is 0 Å². The number of rotatable bonds is 4. The molecule has 0 aromatic carbocycles. The molecule has 0 aromatic rings. The fourth-order valence-corrected chi connectivity index (χ4v) is 6.83. The monoisotopic (exact) mass is 404 g/mol. The van der Waals surface area contributed by atoms with Crippen molar-refractivity contribution in [1.29, 1.82) is 0 Å². The van der Waals surface area contributed by atoms with Crippen molar-refractivity contribution in [2.24, 2.45) is 10.8 Å². The van der Waals surface area contributed by atoms with Crippen molar-refractivity contribution in [2.75, 3.05) is 0 Å². The molecule has 4 aliphatic carbocycles. The van der Waals surface area contributed by atoms with Crippen LogP contribution in [0.1, 0.15) is 124 Å². The van der Waals surface area contributed by atoms with E-state index < -0.39 is 0 Å². The number of aliphatic hydroxyl groups is 1. The number of hydrogen-bond donors (Lipinski definition) is 1. The van der Waals surface area contributed by atoms with Crippen LogP contribution in [0.25, 0.3) is 0 Å². The largest absolute Gasteiger partial charge is 0.455 e. The Bertz CT molecular complexity index is 561. The summed E-state index contributed by atoms with van der Waals surface area (Å²) in [4.78, 5) is 11.9. The fraction of sp³-hybridized carbons (Fsp3) is 0.885. The molecule has 29 heavy (non-hydrogen) atoms. The van der Waals surface area contributed by atoms with E-state index in [1.54, 1.807) is 6.92 Å². The molecule has 4 aliphatic rings. The molecule has 0 bridgehead atoms. The average molecular weight is 405 g/mol. The summed E-state index contributed by atoms with van der Waals surface area (Å²) in [6, 6.07) is 0. The molecule has 4 saturated carbocycles. The van der Waals surface area contributed by atoms with E-state index in [0.717, 1.165) is 25.7 Å². The summed E-state index contributed by atoms with van der Waals surface area (Å²) in [6.45, 7) is 10.1. The first kappa shape index (κ1) is 22.8. The van der Waals surface area contributed by atoms with E-state index in [4.69, 9.17) is 4.74 Å². The van der Waals surface area contributed by atoms with Gasteiger partial charge in [0.15, 0.2) is 0 Å². The van der Waals surface area contributed by atoms with Crippen molar-refractivity contribution < 1.29 is 14.6 Å². The van der Waals surface area contributed by atoms with Crippen molar-refractivity contribution >= 4 is 5.97 Å². The molecule has 0 aromatic heterocycles. The molecule has 0 aliphatic heterocycles. The second kappa shape index (κ2) is 8.73. The lowest BCUT2D eigenvalue weighted by Gasteiger charge is -2.43. The first-order valence-electron chi connectivity index (χ1n) is 12.3. The summed E-state index contributed by atoms with van der Waals surface area (Å²) in [5, 5.41) is 10.5. The lowest BCUT2D eigenvalue weighted by atomic mass is 9.70.